The second-order valence-electron chi connectivity index (χ2n) is 0.574. The zero-order chi connectivity index (χ0) is 5.15. The first-order chi connectivity index (χ1) is 2.64. The van der Waals surface area contributed by atoms with Crippen LogP contribution in [-0.2, 0) is 0 Å². The van der Waals surface area contributed by atoms with Crippen molar-refractivity contribution in [1.82, 2.24) is 0 Å². The summed E-state index contributed by atoms with van der Waals surface area (Å²) in [4.78, 5) is 0. The number of hydrogen-bond acceptors (Lipinski definition) is 0. The molecule has 0 saturated heterocycles. The van der Waals surface area contributed by atoms with Crippen molar-refractivity contribution in [2.45, 2.75) is 0 Å². The Morgan fingerprint density at radius 1 is 1.17 bits per heavy atom. The second-order valence-corrected chi connectivity index (χ2v) is 2.72. The minimum absolute atomic E-state index is 0.0494. The molecule has 0 nitrogen and oxygen atoms in total. The summed E-state index contributed by atoms with van der Waals surface area (Å²) in [5, 5.41) is 0. The maximum Gasteiger partial charge on any atom is 0.116 e. The topological polar surface area (TPSA) is 0 Å². The average Bonchev–Trinajstić information content (AvgIpc) is 1.36. The smallest absolute Gasteiger partial charge is 0.0926 e. The van der Waals surface area contributed by atoms with Crippen LogP contribution in [0.25, 0.3) is 0 Å². The van der Waals surface area contributed by atoms with E-state index in [2.05, 4.69) is 10.2 Å². The van der Waals surface area contributed by atoms with E-state index < -0.39 is 0 Å². The van der Waals surface area contributed by atoms with E-state index in [0.717, 1.165) is 0 Å². The van der Waals surface area contributed by atoms with Gasteiger partial charge in [0.05, 0.1) is 10.2 Å². The third kappa shape index (κ3) is 3.03. The van der Waals surface area contributed by atoms with Crippen LogP contribution in [0.5, 0.6) is 0 Å². The van der Waals surface area contributed by atoms with Crippen molar-refractivity contribution >= 4 is 45.0 Å². The van der Waals surface area contributed by atoms with Crippen LogP contribution in [0.1, 0.15) is 0 Å². The van der Waals surface area contributed by atoms with Gasteiger partial charge in [-0.3, -0.25) is 0 Å². The van der Waals surface area contributed by atoms with E-state index in [1.807, 2.05) is 0 Å². The highest BCUT2D eigenvalue weighted by molar-refractivity contribution is 6.66. The van der Waals surface area contributed by atoms with E-state index in [0.29, 0.717) is 0 Å². The lowest BCUT2D eigenvalue weighted by molar-refractivity contribution is 2.25. The molecule has 0 atom stereocenters. The molecule has 0 rings (SSSR count). The van der Waals surface area contributed by atoms with Crippen LogP contribution < -0.4 is 0 Å². The van der Waals surface area contributed by atoms with Crippen LogP contribution in [-0.4, -0.2) is 10.2 Å². The fraction of sp³-hybridized carbons (Fsp3) is 0. The van der Waals surface area contributed by atoms with Gasteiger partial charge in [0.15, 0.2) is 0 Å². The molecule has 33 valence electrons. The summed E-state index contributed by atoms with van der Waals surface area (Å²) >= 11 is 15.3. The van der Waals surface area contributed by atoms with Crippen molar-refractivity contribution in [3.8, 4) is 0 Å². The van der Waals surface area contributed by atoms with Gasteiger partial charge in [-0.25, -0.2) is 0 Å². The molecule has 0 heterocycles. The van der Waals surface area contributed by atoms with Crippen LogP contribution in [0.3, 0.4) is 0 Å². The van der Waals surface area contributed by atoms with Gasteiger partial charge >= 0.3 is 0 Å². The molecule has 0 aromatic rings. The molecule has 0 aliphatic heterocycles. The van der Waals surface area contributed by atoms with Gasteiger partial charge in [0.1, 0.15) is 4.49 Å². The predicted molar refractivity (Wildman–Crippen MR) is 30.3 cm³/mol. The molecule has 0 saturated carbocycles. The molecular formula is C2Cl3Si. The highest BCUT2D eigenvalue weighted by Gasteiger charge is 1.85. The first-order valence-corrected chi connectivity index (χ1v) is 2.70. The van der Waals surface area contributed by atoms with Gasteiger partial charge in [-0.05, 0) is 0 Å². The second kappa shape index (κ2) is 2.91. The van der Waals surface area contributed by atoms with Gasteiger partial charge in [-0.15, -0.1) is 0 Å². The van der Waals surface area contributed by atoms with Crippen LogP contribution in [0.15, 0.2) is 9.15 Å². The number of rotatable bonds is 0. The molecule has 4 heteroatoms. The van der Waals surface area contributed by atoms with Crippen LogP contribution in [0, 0.1) is 0 Å². The van der Waals surface area contributed by atoms with Crippen LogP contribution >= 0.6 is 34.8 Å². The molecule has 0 fully saturated rings. The Morgan fingerprint density at radius 3 is 1.33 bits per heavy atom. The molecule has 3 radical (unpaired) electrons. The van der Waals surface area contributed by atoms with Crippen molar-refractivity contribution in [3.63, 3.8) is 0 Å². The monoisotopic (exact) mass is 157 g/mol. The average molecular weight is 158 g/mol. The molecule has 0 spiro atoms. The van der Waals surface area contributed by atoms with Gasteiger partial charge in [-0.2, -0.15) is 0 Å². The molecule has 0 bridgehead atoms. The lowest BCUT2D eigenvalue weighted by atomic mass is 11.2. The number of halogens is 3. The van der Waals surface area contributed by atoms with Gasteiger partial charge < -0.3 is 0 Å². The maximum atomic E-state index is 5.14. The van der Waals surface area contributed by atoms with Crippen molar-refractivity contribution in [1.29, 1.82) is 0 Å². The molecular weight excluding hydrogens is 158 g/mol. The van der Waals surface area contributed by atoms with Crippen molar-refractivity contribution in [2.75, 3.05) is 0 Å². The molecule has 0 aliphatic carbocycles. The highest BCUT2D eigenvalue weighted by atomic mass is 35.5. The summed E-state index contributed by atoms with van der Waals surface area (Å²) in [6.07, 6.45) is 0. The molecule has 0 unspecified atom stereocenters. The summed E-state index contributed by atoms with van der Waals surface area (Å²) in [5.74, 6) is 0. The zero-order valence-corrected chi connectivity index (χ0v) is 5.90. The fourth-order valence-corrected chi connectivity index (χ4v) is 0. The predicted octanol–water partition coefficient (Wildman–Crippen LogP) is 2.00. The van der Waals surface area contributed by atoms with Crippen molar-refractivity contribution in [3.05, 3.63) is 9.15 Å². The zero-order valence-electron chi connectivity index (χ0n) is 2.63. The van der Waals surface area contributed by atoms with E-state index >= 15 is 0 Å². The fourth-order valence-electron chi connectivity index (χ4n) is 0. The molecule has 0 N–H and O–H groups in total. The summed E-state index contributed by atoms with van der Waals surface area (Å²) in [7, 11) is 2.86. The summed E-state index contributed by atoms with van der Waals surface area (Å²) < 4.78 is 0.284. The lowest BCUT2D eigenvalue weighted by Gasteiger charge is -1.78. The summed E-state index contributed by atoms with van der Waals surface area (Å²) in [6.45, 7) is 0. The molecule has 0 aliphatic rings. The standard InChI is InChI=1S/C2Cl3Si/c3-1(4)2(5)6. The normalized spacial score (nSPS) is 8.00. The Balaban J connectivity index is 3.68. The molecule has 6 heavy (non-hydrogen) atoms. The first-order valence-electron chi connectivity index (χ1n) is 1.07. The molecule has 0 aromatic carbocycles. The molecule has 0 amide bonds. The Kier molecular flexibility index (Phi) is 3.31. The minimum atomic E-state index is 0.0494. The van der Waals surface area contributed by atoms with Gasteiger partial charge in [-0.1, -0.05) is 34.8 Å². The van der Waals surface area contributed by atoms with Crippen molar-refractivity contribution < 1.29 is 0 Å². The first kappa shape index (κ1) is 6.83. The van der Waals surface area contributed by atoms with E-state index in [1.54, 1.807) is 0 Å². The largest absolute Gasteiger partial charge is 0.116 e. The van der Waals surface area contributed by atoms with E-state index in [-0.39, 0.29) is 9.15 Å². The van der Waals surface area contributed by atoms with E-state index in [9.17, 15) is 0 Å². The van der Waals surface area contributed by atoms with Crippen molar-refractivity contribution in [2.24, 2.45) is 0 Å². The quantitative estimate of drug-likeness (QED) is 0.473. The van der Waals surface area contributed by atoms with E-state index in [1.165, 1.54) is 0 Å². The lowest BCUT2D eigenvalue weighted by Crippen LogP contribution is -1.62. The summed E-state index contributed by atoms with van der Waals surface area (Å²) in [6, 6.07) is 0. The van der Waals surface area contributed by atoms with Crippen LogP contribution in [0.4, 0.5) is 0 Å². The summed E-state index contributed by atoms with van der Waals surface area (Å²) in [5.41, 5.74) is 0. The SMILES string of the molecule is [Si]C(Cl)=C(Cl)Cl. The van der Waals surface area contributed by atoms with Gasteiger partial charge in [0, 0.05) is 4.66 Å². The Bertz CT molecular complexity index is 58.9. The third-order valence-corrected chi connectivity index (χ3v) is 1.49. The van der Waals surface area contributed by atoms with Crippen LogP contribution in [0.2, 0.25) is 0 Å². The third-order valence-electron chi connectivity index (χ3n) is 0.166. The Hall–Kier alpha value is 0.827. The Labute approximate surface area is 54.5 Å². The maximum absolute atomic E-state index is 5.14. The number of hydrogen-bond donors (Lipinski definition) is 0. The van der Waals surface area contributed by atoms with Gasteiger partial charge in [0.25, 0.3) is 0 Å². The van der Waals surface area contributed by atoms with E-state index in [4.69, 9.17) is 34.8 Å². The Morgan fingerprint density at radius 2 is 1.33 bits per heavy atom. The highest BCUT2D eigenvalue weighted by Crippen LogP contribution is 2.13. The minimum Gasteiger partial charge on any atom is -0.0926 e. The molecule has 0 aromatic heterocycles. The van der Waals surface area contributed by atoms with Gasteiger partial charge in [0.2, 0.25) is 0 Å².